The molecule has 4 nitrogen and oxygen atoms in total. The molecule has 0 heterocycles. The van der Waals surface area contributed by atoms with Crippen LogP contribution in [0.1, 0.15) is 67.4 Å². The number of carboxylic acid groups (broad SMARTS) is 1. The predicted octanol–water partition coefficient (Wildman–Crippen LogP) is 4.21. The highest BCUT2D eigenvalue weighted by molar-refractivity contribution is 5.94. The molecule has 22 heavy (non-hydrogen) atoms. The van der Waals surface area contributed by atoms with Gasteiger partial charge in [0.25, 0.3) is 0 Å². The first-order chi connectivity index (χ1) is 10.4. The zero-order valence-corrected chi connectivity index (χ0v) is 13.4. The van der Waals surface area contributed by atoms with Crippen molar-refractivity contribution in [2.24, 2.45) is 5.92 Å². The summed E-state index contributed by atoms with van der Waals surface area (Å²) in [6, 6.07) is 1.51. The monoisotopic (exact) mass is 304 g/mol. The summed E-state index contributed by atoms with van der Waals surface area (Å²) in [5, 5.41) is 30.4. The lowest BCUT2D eigenvalue weighted by Gasteiger charge is -2.29. The van der Waals surface area contributed by atoms with E-state index in [1.807, 2.05) is 19.9 Å². The summed E-state index contributed by atoms with van der Waals surface area (Å²) in [4.78, 5) is 11.6. The van der Waals surface area contributed by atoms with Gasteiger partial charge in [-0.05, 0) is 43.7 Å². The van der Waals surface area contributed by atoms with Crippen molar-refractivity contribution in [2.45, 2.75) is 52.4 Å². The van der Waals surface area contributed by atoms with E-state index in [0.717, 1.165) is 19.3 Å². The lowest BCUT2D eigenvalue weighted by Crippen LogP contribution is -2.15. The molecule has 120 valence electrons. The van der Waals surface area contributed by atoms with Gasteiger partial charge in [-0.25, -0.2) is 4.79 Å². The highest BCUT2D eigenvalue weighted by atomic mass is 16.4. The number of phenols is 2. The number of hydrogen-bond donors (Lipinski definition) is 3. The lowest BCUT2D eigenvalue weighted by molar-refractivity contribution is 0.0692. The number of carbonyl (C=O) groups is 1. The van der Waals surface area contributed by atoms with Gasteiger partial charge < -0.3 is 15.3 Å². The van der Waals surface area contributed by atoms with Crippen molar-refractivity contribution in [1.82, 2.24) is 0 Å². The standard InChI is InChI=1S/C18H24O4/c1-4-5-12-9-14(19)16(17(20)15(12)18(21)22)13-8-10(2)6-7-11(13)3/h8-9,11,13,19-20H,4-7H2,1-3H3,(H,21,22)/t11-,13-/m1/s1. The number of phenolic OH excluding ortho intramolecular Hbond substituents is 1. The number of aromatic hydroxyl groups is 2. The van der Waals surface area contributed by atoms with Gasteiger partial charge in [-0.1, -0.05) is 31.9 Å². The van der Waals surface area contributed by atoms with Crippen LogP contribution in [-0.2, 0) is 6.42 Å². The molecule has 1 aliphatic carbocycles. The van der Waals surface area contributed by atoms with Crippen molar-refractivity contribution in [3.05, 3.63) is 34.4 Å². The third kappa shape index (κ3) is 2.96. The van der Waals surface area contributed by atoms with Crippen molar-refractivity contribution >= 4 is 5.97 Å². The van der Waals surface area contributed by atoms with Gasteiger partial charge in [0.05, 0.1) is 0 Å². The molecule has 4 heteroatoms. The third-order valence-electron chi connectivity index (χ3n) is 4.54. The summed E-state index contributed by atoms with van der Waals surface area (Å²) < 4.78 is 0. The average molecular weight is 304 g/mol. The molecule has 1 aromatic carbocycles. The van der Waals surface area contributed by atoms with Crippen LogP contribution >= 0.6 is 0 Å². The molecule has 0 saturated carbocycles. The fourth-order valence-electron chi connectivity index (χ4n) is 3.31. The fraction of sp³-hybridized carbons (Fsp3) is 0.500. The van der Waals surface area contributed by atoms with Crippen LogP contribution in [0.2, 0.25) is 0 Å². The van der Waals surface area contributed by atoms with E-state index >= 15 is 0 Å². The third-order valence-corrected chi connectivity index (χ3v) is 4.54. The van der Waals surface area contributed by atoms with E-state index in [4.69, 9.17) is 0 Å². The van der Waals surface area contributed by atoms with Crippen LogP contribution < -0.4 is 0 Å². The first-order valence-electron chi connectivity index (χ1n) is 7.85. The van der Waals surface area contributed by atoms with Gasteiger partial charge in [0, 0.05) is 11.5 Å². The minimum Gasteiger partial charge on any atom is -0.507 e. The maximum absolute atomic E-state index is 11.6. The molecule has 0 saturated heterocycles. The zero-order valence-electron chi connectivity index (χ0n) is 13.4. The van der Waals surface area contributed by atoms with Crippen molar-refractivity contribution in [2.75, 3.05) is 0 Å². The molecule has 0 aromatic heterocycles. The summed E-state index contributed by atoms with van der Waals surface area (Å²) in [6.07, 6.45) is 5.26. The first-order valence-corrected chi connectivity index (χ1v) is 7.85. The van der Waals surface area contributed by atoms with E-state index < -0.39 is 5.97 Å². The Morgan fingerprint density at radius 1 is 1.36 bits per heavy atom. The van der Waals surface area contributed by atoms with Crippen LogP contribution in [-0.4, -0.2) is 21.3 Å². The molecule has 0 amide bonds. The summed E-state index contributed by atoms with van der Waals surface area (Å²) in [5.74, 6) is -1.33. The quantitative estimate of drug-likeness (QED) is 0.728. The normalized spacial score (nSPS) is 21.5. The summed E-state index contributed by atoms with van der Waals surface area (Å²) in [7, 11) is 0. The minimum absolute atomic E-state index is 0.00579. The van der Waals surface area contributed by atoms with Gasteiger partial charge in [0.15, 0.2) is 0 Å². The van der Waals surface area contributed by atoms with Gasteiger partial charge in [0.2, 0.25) is 0 Å². The molecule has 1 aromatic rings. The van der Waals surface area contributed by atoms with E-state index in [-0.39, 0.29) is 28.9 Å². The Balaban J connectivity index is 2.64. The first kappa shape index (κ1) is 16.4. The largest absolute Gasteiger partial charge is 0.507 e. The van der Waals surface area contributed by atoms with Crippen molar-refractivity contribution in [1.29, 1.82) is 0 Å². The number of aryl methyl sites for hydroxylation is 1. The molecule has 2 atom stereocenters. The highest BCUT2D eigenvalue weighted by Gasteiger charge is 2.30. The van der Waals surface area contributed by atoms with Crippen LogP contribution in [0.3, 0.4) is 0 Å². The Bertz CT molecular complexity index is 616. The Hall–Kier alpha value is -1.97. The van der Waals surface area contributed by atoms with Gasteiger partial charge >= 0.3 is 5.97 Å². The Morgan fingerprint density at radius 3 is 2.64 bits per heavy atom. The number of benzene rings is 1. The van der Waals surface area contributed by atoms with Gasteiger partial charge in [-0.2, -0.15) is 0 Å². The Labute approximate surface area is 131 Å². The second-order valence-corrected chi connectivity index (χ2v) is 6.30. The topological polar surface area (TPSA) is 77.8 Å². The van der Waals surface area contributed by atoms with Crippen molar-refractivity contribution in [3.8, 4) is 11.5 Å². The van der Waals surface area contributed by atoms with Crippen LogP contribution in [0.4, 0.5) is 0 Å². The maximum Gasteiger partial charge on any atom is 0.339 e. The van der Waals surface area contributed by atoms with E-state index in [1.165, 1.54) is 11.6 Å². The predicted molar refractivity (Wildman–Crippen MR) is 85.6 cm³/mol. The Morgan fingerprint density at radius 2 is 2.05 bits per heavy atom. The molecular weight excluding hydrogens is 280 g/mol. The van der Waals surface area contributed by atoms with Crippen LogP contribution in [0.5, 0.6) is 11.5 Å². The van der Waals surface area contributed by atoms with Gasteiger partial charge in [0.1, 0.15) is 17.1 Å². The summed E-state index contributed by atoms with van der Waals surface area (Å²) >= 11 is 0. The number of rotatable bonds is 4. The molecule has 0 fully saturated rings. The SMILES string of the molecule is CCCc1cc(O)c([C@@H]2C=C(C)CC[C@H]2C)c(O)c1C(=O)O. The molecule has 3 N–H and O–H groups in total. The van der Waals surface area contributed by atoms with Crippen LogP contribution in [0, 0.1) is 5.92 Å². The average Bonchev–Trinajstić information content (AvgIpc) is 2.42. The molecule has 1 aliphatic rings. The van der Waals surface area contributed by atoms with E-state index in [2.05, 4.69) is 6.92 Å². The Kier molecular flexibility index (Phi) is 4.79. The van der Waals surface area contributed by atoms with E-state index in [9.17, 15) is 20.1 Å². The zero-order chi connectivity index (χ0) is 16.4. The van der Waals surface area contributed by atoms with Crippen LogP contribution in [0.25, 0.3) is 0 Å². The van der Waals surface area contributed by atoms with Crippen LogP contribution in [0.15, 0.2) is 17.7 Å². The molecule has 0 spiro atoms. The molecule has 0 unspecified atom stereocenters. The molecule has 0 aliphatic heterocycles. The number of hydrogen-bond acceptors (Lipinski definition) is 3. The second kappa shape index (κ2) is 6.42. The van der Waals surface area contributed by atoms with Gasteiger partial charge in [-0.3, -0.25) is 0 Å². The van der Waals surface area contributed by atoms with E-state index in [0.29, 0.717) is 17.5 Å². The molecule has 0 radical (unpaired) electrons. The lowest BCUT2D eigenvalue weighted by atomic mass is 9.76. The summed E-state index contributed by atoms with van der Waals surface area (Å²) in [5.41, 5.74) is 1.97. The highest BCUT2D eigenvalue weighted by Crippen LogP contribution is 2.46. The number of allylic oxidation sites excluding steroid dienone is 2. The van der Waals surface area contributed by atoms with E-state index in [1.54, 1.807) is 0 Å². The van der Waals surface area contributed by atoms with Crippen molar-refractivity contribution < 1.29 is 20.1 Å². The smallest absolute Gasteiger partial charge is 0.339 e. The maximum atomic E-state index is 11.6. The number of aromatic carboxylic acids is 1. The molecule has 2 rings (SSSR count). The fourth-order valence-corrected chi connectivity index (χ4v) is 3.31. The van der Waals surface area contributed by atoms with Gasteiger partial charge in [-0.15, -0.1) is 0 Å². The molecule has 0 bridgehead atoms. The minimum atomic E-state index is -1.15. The number of carboxylic acids is 1. The van der Waals surface area contributed by atoms with Crippen molar-refractivity contribution in [3.63, 3.8) is 0 Å². The molecular formula is C18H24O4. The summed E-state index contributed by atoms with van der Waals surface area (Å²) in [6.45, 7) is 6.02. The second-order valence-electron chi connectivity index (χ2n) is 6.30.